The Morgan fingerprint density at radius 3 is 2.42 bits per heavy atom. The van der Waals surface area contributed by atoms with Crippen LogP contribution < -0.4 is 5.32 Å². The second-order valence-electron chi connectivity index (χ2n) is 4.85. The van der Waals surface area contributed by atoms with Gasteiger partial charge in [-0.05, 0) is 55.7 Å². The minimum Gasteiger partial charge on any atom is -0.378 e. The van der Waals surface area contributed by atoms with Crippen LogP contribution >= 0.6 is 31.9 Å². The fourth-order valence-corrected chi connectivity index (χ4v) is 3.45. The first kappa shape index (κ1) is 14.6. The maximum Gasteiger partial charge on any atom is 0.0496 e. The molecule has 0 aliphatic heterocycles. The highest BCUT2D eigenvalue weighted by Crippen LogP contribution is 2.30. The molecule has 0 spiro atoms. The van der Waals surface area contributed by atoms with Gasteiger partial charge in [-0.2, -0.15) is 0 Å². The third-order valence-electron chi connectivity index (χ3n) is 3.19. The van der Waals surface area contributed by atoms with Gasteiger partial charge >= 0.3 is 0 Å². The fourth-order valence-electron chi connectivity index (χ4n) is 2.06. The topological polar surface area (TPSA) is 12.0 Å². The third-order valence-corrected chi connectivity index (χ3v) is 4.37. The first-order valence-electron chi connectivity index (χ1n) is 6.26. The zero-order valence-corrected chi connectivity index (χ0v) is 14.5. The Kier molecular flexibility index (Phi) is 4.69. The molecule has 0 bridgehead atoms. The van der Waals surface area contributed by atoms with E-state index in [1.165, 1.54) is 22.4 Å². The SMILES string of the molecule is Cc1ccc(C)c(NC(C)c2ccc(Br)cc2Br)c1. The van der Waals surface area contributed by atoms with Crippen molar-refractivity contribution in [3.63, 3.8) is 0 Å². The molecule has 0 aliphatic carbocycles. The van der Waals surface area contributed by atoms with E-state index in [4.69, 9.17) is 0 Å². The van der Waals surface area contributed by atoms with Crippen LogP contribution in [0, 0.1) is 13.8 Å². The maximum absolute atomic E-state index is 3.62. The molecule has 0 amide bonds. The molecule has 0 heterocycles. The van der Waals surface area contributed by atoms with E-state index in [0.29, 0.717) is 0 Å². The van der Waals surface area contributed by atoms with Gasteiger partial charge in [-0.15, -0.1) is 0 Å². The average molecular weight is 383 g/mol. The van der Waals surface area contributed by atoms with Crippen molar-refractivity contribution in [1.82, 2.24) is 0 Å². The molecule has 3 heteroatoms. The molecule has 1 unspecified atom stereocenters. The molecule has 0 radical (unpaired) electrons. The summed E-state index contributed by atoms with van der Waals surface area (Å²) in [5, 5.41) is 3.58. The van der Waals surface area contributed by atoms with Crippen LogP contribution in [0.15, 0.2) is 45.3 Å². The Hall–Kier alpha value is -0.800. The molecule has 1 N–H and O–H groups in total. The summed E-state index contributed by atoms with van der Waals surface area (Å²) in [5.74, 6) is 0. The van der Waals surface area contributed by atoms with Gasteiger partial charge in [0.1, 0.15) is 0 Å². The zero-order valence-electron chi connectivity index (χ0n) is 11.3. The van der Waals surface area contributed by atoms with Gasteiger partial charge in [0.05, 0.1) is 0 Å². The first-order chi connectivity index (χ1) is 8.97. The summed E-state index contributed by atoms with van der Waals surface area (Å²) in [6.45, 7) is 6.42. The molecule has 1 atom stereocenters. The molecule has 0 aliphatic rings. The van der Waals surface area contributed by atoms with Crippen molar-refractivity contribution in [2.75, 3.05) is 5.32 Å². The number of halogens is 2. The Labute approximate surface area is 131 Å². The fraction of sp³-hybridized carbons (Fsp3) is 0.250. The number of aryl methyl sites for hydroxylation is 2. The standard InChI is InChI=1S/C16H17Br2N/c1-10-4-5-11(2)16(8-10)19-12(3)14-7-6-13(17)9-15(14)18/h4-9,12,19H,1-3H3. The highest BCUT2D eigenvalue weighted by molar-refractivity contribution is 9.11. The first-order valence-corrected chi connectivity index (χ1v) is 7.84. The van der Waals surface area contributed by atoms with Gasteiger partial charge in [0, 0.05) is 20.7 Å². The van der Waals surface area contributed by atoms with Crippen LogP contribution in [0.4, 0.5) is 5.69 Å². The van der Waals surface area contributed by atoms with Crippen LogP contribution in [0.2, 0.25) is 0 Å². The molecular weight excluding hydrogens is 366 g/mol. The molecule has 2 aromatic carbocycles. The minimum absolute atomic E-state index is 0.253. The summed E-state index contributed by atoms with van der Waals surface area (Å²) in [6.07, 6.45) is 0. The van der Waals surface area contributed by atoms with E-state index in [1.54, 1.807) is 0 Å². The summed E-state index contributed by atoms with van der Waals surface area (Å²) < 4.78 is 2.20. The largest absolute Gasteiger partial charge is 0.378 e. The lowest BCUT2D eigenvalue weighted by atomic mass is 10.1. The number of rotatable bonds is 3. The van der Waals surface area contributed by atoms with Gasteiger partial charge in [-0.3, -0.25) is 0 Å². The van der Waals surface area contributed by atoms with Gasteiger partial charge in [0.2, 0.25) is 0 Å². The second kappa shape index (κ2) is 6.10. The van der Waals surface area contributed by atoms with Crippen molar-refractivity contribution in [1.29, 1.82) is 0 Å². The summed E-state index contributed by atoms with van der Waals surface area (Å²) >= 11 is 7.11. The van der Waals surface area contributed by atoms with E-state index >= 15 is 0 Å². The minimum atomic E-state index is 0.253. The van der Waals surface area contributed by atoms with Crippen LogP contribution in [0.25, 0.3) is 0 Å². The predicted octanol–water partition coefficient (Wildman–Crippen LogP) is 6.00. The zero-order chi connectivity index (χ0) is 14.0. The van der Waals surface area contributed by atoms with Crippen molar-refractivity contribution in [2.45, 2.75) is 26.8 Å². The Morgan fingerprint density at radius 2 is 1.74 bits per heavy atom. The van der Waals surface area contributed by atoms with Crippen LogP contribution in [-0.2, 0) is 0 Å². The lowest BCUT2D eigenvalue weighted by Crippen LogP contribution is -2.08. The van der Waals surface area contributed by atoms with Gasteiger partial charge in [0.15, 0.2) is 0 Å². The molecule has 2 aromatic rings. The number of anilines is 1. The van der Waals surface area contributed by atoms with Crippen molar-refractivity contribution >= 4 is 37.5 Å². The van der Waals surface area contributed by atoms with E-state index in [0.717, 1.165) is 8.95 Å². The van der Waals surface area contributed by atoms with E-state index in [1.807, 2.05) is 0 Å². The van der Waals surface area contributed by atoms with Crippen LogP contribution in [0.5, 0.6) is 0 Å². The van der Waals surface area contributed by atoms with Crippen molar-refractivity contribution in [3.05, 3.63) is 62.0 Å². The van der Waals surface area contributed by atoms with Crippen molar-refractivity contribution < 1.29 is 0 Å². The third kappa shape index (κ3) is 3.61. The molecule has 0 saturated carbocycles. The van der Waals surface area contributed by atoms with Gasteiger partial charge in [0.25, 0.3) is 0 Å². The summed E-state index contributed by atoms with van der Waals surface area (Å²) in [5.41, 5.74) is 4.99. The molecular formula is C16H17Br2N. The smallest absolute Gasteiger partial charge is 0.0496 e. The Bertz CT molecular complexity index is 593. The number of hydrogen-bond donors (Lipinski definition) is 1. The molecule has 0 fully saturated rings. The van der Waals surface area contributed by atoms with E-state index < -0.39 is 0 Å². The van der Waals surface area contributed by atoms with Crippen molar-refractivity contribution in [2.24, 2.45) is 0 Å². The lowest BCUT2D eigenvalue weighted by Gasteiger charge is -2.19. The summed E-state index contributed by atoms with van der Waals surface area (Å²) in [6, 6.07) is 13.0. The summed E-state index contributed by atoms with van der Waals surface area (Å²) in [7, 11) is 0. The number of nitrogens with one attached hydrogen (secondary N) is 1. The Balaban J connectivity index is 2.25. The highest BCUT2D eigenvalue weighted by atomic mass is 79.9. The number of hydrogen-bond acceptors (Lipinski definition) is 1. The van der Waals surface area contributed by atoms with Gasteiger partial charge in [-0.1, -0.05) is 50.1 Å². The highest BCUT2D eigenvalue weighted by Gasteiger charge is 2.10. The second-order valence-corrected chi connectivity index (χ2v) is 6.62. The molecule has 0 saturated heterocycles. The molecule has 1 nitrogen and oxygen atoms in total. The average Bonchev–Trinajstić information content (AvgIpc) is 2.33. The molecule has 2 rings (SSSR count). The lowest BCUT2D eigenvalue weighted by molar-refractivity contribution is 0.876. The van der Waals surface area contributed by atoms with Crippen molar-refractivity contribution in [3.8, 4) is 0 Å². The quantitative estimate of drug-likeness (QED) is 0.686. The summed E-state index contributed by atoms with van der Waals surface area (Å²) in [4.78, 5) is 0. The van der Waals surface area contributed by atoms with Gasteiger partial charge < -0.3 is 5.32 Å². The van der Waals surface area contributed by atoms with Crippen LogP contribution in [0.3, 0.4) is 0 Å². The maximum atomic E-state index is 3.62. The molecule has 19 heavy (non-hydrogen) atoms. The van der Waals surface area contributed by atoms with Crippen LogP contribution in [-0.4, -0.2) is 0 Å². The normalized spacial score (nSPS) is 12.3. The monoisotopic (exact) mass is 381 g/mol. The predicted molar refractivity (Wildman–Crippen MR) is 89.8 cm³/mol. The molecule has 100 valence electrons. The van der Waals surface area contributed by atoms with E-state index in [-0.39, 0.29) is 6.04 Å². The van der Waals surface area contributed by atoms with Gasteiger partial charge in [-0.25, -0.2) is 0 Å². The van der Waals surface area contributed by atoms with Crippen LogP contribution in [0.1, 0.15) is 29.7 Å². The van der Waals surface area contributed by atoms with E-state index in [9.17, 15) is 0 Å². The van der Waals surface area contributed by atoms with E-state index in [2.05, 4.69) is 94.3 Å². The Morgan fingerprint density at radius 1 is 1.00 bits per heavy atom. The molecule has 0 aromatic heterocycles. The number of benzene rings is 2.